The van der Waals surface area contributed by atoms with Gasteiger partial charge in [-0.1, -0.05) is 6.07 Å². The van der Waals surface area contributed by atoms with E-state index in [9.17, 15) is 13.6 Å². The first-order valence-corrected chi connectivity index (χ1v) is 8.98. The molecule has 1 aromatic heterocycles. The Labute approximate surface area is 161 Å². The summed E-state index contributed by atoms with van der Waals surface area (Å²) in [5.74, 6) is -1.75. The van der Waals surface area contributed by atoms with Crippen molar-refractivity contribution in [3.8, 4) is 16.9 Å². The molecule has 4 nitrogen and oxygen atoms in total. The Morgan fingerprint density at radius 1 is 1.07 bits per heavy atom. The van der Waals surface area contributed by atoms with Gasteiger partial charge >= 0.3 is 0 Å². The SMILES string of the molecule is COc1cc2c(cc1-c1ccc(NC(=O)c3c(F)cccc3F)nc1)CCC2. The molecule has 0 saturated carbocycles. The largest absolute Gasteiger partial charge is 0.496 e. The highest BCUT2D eigenvalue weighted by Crippen LogP contribution is 2.36. The third-order valence-corrected chi connectivity index (χ3v) is 4.92. The summed E-state index contributed by atoms with van der Waals surface area (Å²) in [5.41, 5.74) is 3.75. The van der Waals surface area contributed by atoms with Crippen molar-refractivity contribution in [2.24, 2.45) is 0 Å². The smallest absolute Gasteiger partial charge is 0.262 e. The maximum Gasteiger partial charge on any atom is 0.262 e. The summed E-state index contributed by atoms with van der Waals surface area (Å²) >= 11 is 0. The number of amides is 1. The molecule has 1 N–H and O–H groups in total. The van der Waals surface area contributed by atoms with Gasteiger partial charge in [0.05, 0.1) is 7.11 Å². The van der Waals surface area contributed by atoms with Crippen LogP contribution in [0.1, 0.15) is 27.9 Å². The molecule has 0 atom stereocenters. The van der Waals surface area contributed by atoms with Gasteiger partial charge in [0, 0.05) is 17.3 Å². The quantitative estimate of drug-likeness (QED) is 0.709. The lowest BCUT2D eigenvalue weighted by Gasteiger charge is -2.12. The van der Waals surface area contributed by atoms with E-state index in [0.717, 1.165) is 48.3 Å². The van der Waals surface area contributed by atoms with Gasteiger partial charge in [0.15, 0.2) is 0 Å². The van der Waals surface area contributed by atoms with Crippen molar-refractivity contribution >= 4 is 11.7 Å². The molecular weight excluding hydrogens is 362 g/mol. The van der Waals surface area contributed by atoms with E-state index in [1.807, 2.05) is 0 Å². The fraction of sp³-hybridized carbons (Fsp3) is 0.182. The van der Waals surface area contributed by atoms with E-state index in [1.54, 1.807) is 25.4 Å². The molecule has 28 heavy (non-hydrogen) atoms. The van der Waals surface area contributed by atoms with Crippen molar-refractivity contribution in [2.75, 3.05) is 12.4 Å². The lowest BCUT2D eigenvalue weighted by atomic mass is 10.0. The predicted octanol–water partition coefficient (Wildman–Crippen LogP) is 4.78. The van der Waals surface area contributed by atoms with Crippen LogP contribution in [0.5, 0.6) is 5.75 Å². The second-order valence-electron chi connectivity index (χ2n) is 6.66. The Morgan fingerprint density at radius 2 is 1.79 bits per heavy atom. The monoisotopic (exact) mass is 380 g/mol. The van der Waals surface area contributed by atoms with Crippen LogP contribution in [0.2, 0.25) is 0 Å². The first-order valence-electron chi connectivity index (χ1n) is 8.98. The number of halogens is 2. The number of carbonyl (C=O) groups excluding carboxylic acids is 1. The molecule has 1 aliphatic carbocycles. The van der Waals surface area contributed by atoms with Crippen LogP contribution in [0.4, 0.5) is 14.6 Å². The molecular formula is C22H18F2N2O2. The van der Waals surface area contributed by atoms with E-state index >= 15 is 0 Å². The Balaban J connectivity index is 1.59. The topological polar surface area (TPSA) is 51.2 Å². The van der Waals surface area contributed by atoms with Gasteiger partial charge in [0.25, 0.3) is 5.91 Å². The fourth-order valence-electron chi connectivity index (χ4n) is 3.52. The number of ether oxygens (including phenoxy) is 1. The Hall–Kier alpha value is -3.28. The molecule has 1 aliphatic rings. The molecule has 6 heteroatoms. The average molecular weight is 380 g/mol. The Kier molecular flexibility index (Phi) is 4.77. The van der Waals surface area contributed by atoms with Gasteiger partial charge in [-0.05, 0) is 66.8 Å². The molecule has 0 saturated heterocycles. The number of hydrogen-bond acceptors (Lipinski definition) is 3. The van der Waals surface area contributed by atoms with Crippen LogP contribution < -0.4 is 10.1 Å². The number of methoxy groups -OCH3 is 1. The standard InChI is InChI=1S/C22H18F2N2O2/c1-28-19-11-14-5-2-4-13(14)10-16(19)15-8-9-20(25-12-15)26-22(27)21-17(23)6-3-7-18(21)24/h3,6-12H,2,4-5H2,1H3,(H,25,26,27). The average Bonchev–Trinajstić information content (AvgIpc) is 3.15. The number of hydrogen-bond donors (Lipinski definition) is 1. The van der Waals surface area contributed by atoms with Gasteiger partial charge < -0.3 is 10.1 Å². The maximum absolute atomic E-state index is 13.7. The number of aryl methyl sites for hydroxylation is 2. The summed E-state index contributed by atoms with van der Waals surface area (Å²) in [6, 6.07) is 10.8. The minimum atomic E-state index is -0.919. The lowest BCUT2D eigenvalue weighted by Crippen LogP contribution is -2.16. The zero-order chi connectivity index (χ0) is 19.7. The van der Waals surface area contributed by atoms with Gasteiger partial charge in [0.1, 0.15) is 28.8 Å². The molecule has 0 radical (unpaired) electrons. The van der Waals surface area contributed by atoms with Gasteiger partial charge in [-0.25, -0.2) is 13.8 Å². The van der Waals surface area contributed by atoms with E-state index in [4.69, 9.17) is 4.74 Å². The first kappa shape index (κ1) is 18.1. The van der Waals surface area contributed by atoms with Crippen molar-refractivity contribution < 1.29 is 18.3 Å². The van der Waals surface area contributed by atoms with Crippen molar-refractivity contribution in [2.45, 2.75) is 19.3 Å². The van der Waals surface area contributed by atoms with Crippen LogP contribution in [0.15, 0.2) is 48.7 Å². The summed E-state index contributed by atoms with van der Waals surface area (Å²) in [6.07, 6.45) is 4.84. The predicted molar refractivity (Wildman–Crippen MR) is 103 cm³/mol. The molecule has 0 unspecified atom stereocenters. The van der Waals surface area contributed by atoms with Crippen LogP contribution in [0.3, 0.4) is 0 Å². The van der Waals surface area contributed by atoms with E-state index in [2.05, 4.69) is 22.4 Å². The van der Waals surface area contributed by atoms with Crippen LogP contribution in [0, 0.1) is 11.6 Å². The minimum Gasteiger partial charge on any atom is -0.496 e. The number of rotatable bonds is 4. The molecule has 3 aromatic rings. The second kappa shape index (κ2) is 7.38. The van der Waals surface area contributed by atoms with Crippen molar-refractivity contribution in [1.82, 2.24) is 4.98 Å². The molecule has 0 spiro atoms. The molecule has 142 valence electrons. The third kappa shape index (κ3) is 3.33. The zero-order valence-electron chi connectivity index (χ0n) is 15.3. The van der Waals surface area contributed by atoms with Crippen LogP contribution in [0.25, 0.3) is 11.1 Å². The van der Waals surface area contributed by atoms with Gasteiger partial charge in [-0.3, -0.25) is 4.79 Å². The maximum atomic E-state index is 13.7. The van der Waals surface area contributed by atoms with E-state index in [0.29, 0.717) is 0 Å². The summed E-state index contributed by atoms with van der Waals surface area (Å²) < 4.78 is 33.0. The number of aromatic nitrogens is 1. The summed E-state index contributed by atoms with van der Waals surface area (Å²) in [5, 5.41) is 2.43. The second-order valence-corrected chi connectivity index (χ2v) is 6.66. The minimum absolute atomic E-state index is 0.205. The lowest BCUT2D eigenvalue weighted by molar-refractivity contribution is 0.101. The highest BCUT2D eigenvalue weighted by molar-refractivity contribution is 6.04. The number of carbonyl (C=O) groups is 1. The summed E-state index contributed by atoms with van der Waals surface area (Å²) in [4.78, 5) is 16.4. The van der Waals surface area contributed by atoms with Gasteiger partial charge in [0.2, 0.25) is 0 Å². The normalized spacial score (nSPS) is 12.5. The Morgan fingerprint density at radius 3 is 2.43 bits per heavy atom. The van der Waals surface area contributed by atoms with E-state index in [-0.39, 0.29) is 5.82 Å². The molecule has 0 bridgehead atoms. The number of pyridine rings is 1. The first-order chi connectivity index (χ1) is 13.6. The summed E-state index contributed by atoms with van der Waals surface area (Å²) in [7, 11) is 1.63. The van der Waals surface area contributed by atoms with Crippen molar-refractivity contribution in [3.05, 3.63) is 77.0 Å². The van der Waals surface area contributed by atoms with Crippen LogP contribution >= 0.6 is 0 Å². The highest BCUT2D eigenvalue weighted by atomic mass is 19.1. The molecule has 0 aliphatic heterocycles. The van der Waals surface area contributed by atoms with Crippen LogP contribution in [-0.4, -0.2) is 18.0 Å². The van der Waals surface area contributed by atoms with Gasteiger partial charge in [-0.15, -0.1) is 0 Å². The van der Waals surface area contributed by atoms with Gasteiger partial charge in [-0.2, -0.15) is 0 Å². The zero-order valence-corrected chi connectivity index (χ0v) is 15.3. The Bertz CT molecular complexity index is 1030. The third-order valence-electron chi connectivity index (χ3n) is 4.92. The molecule has 4 rings (SSSR count). The number of nitrogens with one attached hydrogen (secondary N) is 1. The van der Waals surface area contributed by atoms with Crippen molar-refractivity contribution in [1.29, 1.82) is 0 Å². The number of nitrogens with zero attached hydrogens (tertiary/aromatic N) is 1. The molecule has 1 amide bonds. The number of fused-ring (bicyclic) bond motifs is 1. The van der Waals surface area contributed by atoms with Crippen LogP contribution in [-0.2, 0) is 12.8 Å². The number of benzene rings is 2. The molecule has 0 fully saturated rings. The highest BCUT2D eigenvalue weighted by Gasteiger charge is 2.19. The molecule has 1 heterocycles. The van der Waals surface area contributed by atoms with E-state index < -0.39 is 23.1 Å². The number of anilines is 1. The van der Waals surface area contributed by atoms with E-state index in [1.165, 1.54) is 17.2 Å². The fourth-order valence-corrected chi connectivity index (χ4v) is 3.52. The summed E-state index contributed by atoms with van der Waals surface area (Å²) in [6.45, 7) is 0. The molecule has 2 aromatic carbocycles. The van der Waals surface area contributed by atoms with Crippen molar-refractivity contribution in [3.63, 3.8) is 0 Å².